The largest absolute Gasteiger partial charge is 0.491 e. The zero-order valence-corrected chi connectivity index (χ0v) is 17.9. The number of nitrogens with zero attached hydrogens (tertiary/aromatic N) is 1. The number of amides is 3. The molecule has 32 heavy (non-hydrogen) atoms. The number of urea groups is 1. The Labute approximate surface area is 184 Å². The number of nitrogens with one attached hydrogen (secondary N) is 1. The van der Waals surface area contributed by atoms with Crippen molar-refractivity contribution in [2.75, 3.05) is 13.2 Å². The summed E-state index contributed by atoms with van der Waals surface area (Å²) in [5.41, 5.74) is -1.22. The van der Waals surface area contributed by atoms with Gasteiger partial charge in [-0.3, -0.25) is 9.69 Å². The molecule has 0 spiro atoms. The van der Waals surface area contributed by atoms with Crippen LogP contribution < -0.4 is 10.1 Å². The molecule has 9 heteroatoms. The molecule has 6 nitrogen and oxygen atoms in total. The lowest BCUT2D eigenvalue weighted by Crippen LogP contribution is -2.42. The van der Waals surface area contributed by atoms with Crippen LogP contribution in [0.3, 0.4) is 0 Å². The van der Waals surface area contributed by atoms with Gasteiger partial charge in [0, 0.05) is 0 Å². The molecule has 2 unspecified atom stereocenters. The molecule has 172 valence electrons. The Morgan fingerprint density at radius 1 is 1.09 bits per heavy atom. The Hall–Kier alpha value is -3.07. The smallest absolute Gasteiger partial charge is 0.416 e. The van der Waals surface area contributed by atoms with Gasteiger partial charge in [0.05, 0.1) is 12.1 Å². The predicted molar refractivity (Wildman–Crippen MR) is 111 cm³/mol. The van der Waals surface area contributed by atoms with Crippen molar-refractivity contribution in [3.63, 3.8) is 0 Å². The first-order valence-electron chi connectivity index (χ1n) is 10.1. The van der Waals surface area contributed by atoms with Crippen LogP contribution in [0.2, 0.25) is 0 Å². The highest BCUT2D eigenvalue weighted by molar-refractivity contribution is 6.07. The number of ether oxygens (including phenoxy) is 1. The zero-order valence-electron chi connectivity index (χ0n) is 17.9. The molecule has 2 aromatic rings. The van der Waals surface area contributed by atoms with Gasteiger partial charge in [0.15, 0.2) is 0 Å². The van der Waals surface area contributed by atoms with Gasteiger partial charge < -0.3 is 15.2 Å². The van der Waals surface area contributed by atoms with E-state index < -0.39 is 35.3 Å². The molecule has 0 bridgehead atoms. The fraction of sp³-hybridized carbons (Fsp3) is 0.391. The van der Waals surface area contributed by atoms with Crippen molar-refractivity contribution in [1.29, 1.82) is 0 Å². The minimum atomic E-state index is -4.51. The van der Waals surface area contributed by atoms with E-state index in [4.69, 9.17) is 4.74 Å². The van der Waals surface area contributed by atoms with Crippen LogP contribution in [0.25, 0.3) is 0 Å². The third kappa shape index (κ3) is 4.72. The van der Waals surface area contributed by atoms with E-state index in [0.29, 0.717) is 5.75 Å². The molecular weight excluding hydrogens is 425 g/mol. The lowest BCUT2D eigenvalue weighted by molar-refractivity contribution is -0.137. The predicted octanol–water partition coefficient (Wildman–Crippen LogP) is 4.04. The molecule has 1 heterocycles. The number of para-hydroxylation sites is 1. The lowest BCUT2D eigenvalue weighted by atomic mass is 9.91. The maximum Gasteiger partial charge on any atom is 0.416 e. The van der Waals surface area contributed by atoms with E-state index in [1.54, 1.807) is 12.1 Å². The summed E-state index contributed by atoms with van der Waals surface area (Å²) in [6, 6.07) is 10.7. The monoisotopic (exact) mass is 450 g/mol. The summed E-state index contributed by atoms with van der Waals surface area (Å²) in [6.45, 7) is 4.97. The van der Waals surface area contributed by atoms with Crippen molar-refractivity contribution < 1.29 is 32.6 Å². The summed E-state index contributed by atoms with van der Waals surface area (Å²) in [4.78, 5) is 26.2. The van der Waals surface area contributed by atoms with E-state index in [-0.39, 0.29) is 24.6 Å². The second kappa shape index (κ2) is 8.82. The third-order valence-electron chi connectivity index (χ3n) is 5.43. The molecule has 1 aliphatic rings. The van der Waals surface area contributed by atoms with Gasteiger partial charge in [-0.1, -0.05) is 44.2 Å². The first-order chi connectivity index (χ1) is 14.9. The SMILES string of the molecule is CC(C)c1ccccc1OCC(O)CN1C(=O)NC(C)(c2ccc(C(F)(F)F)cc2)C1=O. The maximum atomic E-state index is 12.9. The van der Waals surface area contributed by atoms with Crippen LogP contribution >= 0.6 is 0 Å². The fourth-order valence-corrected chi connectivity index (χ4v) is 3.59. The second-order valence-electron chi connectivity index (χ2n) is 8.20. The molecule has 2 atom stereocenters. The number of carbonyl (C=O) groups is 2. The number of benzene rings is 2. The van der Waals surface area contributed by atoms with Crippen molar-refractivity contribution in [3.05, 3.63) is 65.2 Å². The highest BCUT2D eigenvalue weighted by Crippen LogP contribution is 2.33. The van der Waals surface area contributed by atoms with E-state index in [9.17, 15) is 27.9 Å². The van der Waals surface area contributed by atoms with Gasteiger partial charge >= 0.3 is 12.2 Å². The summed E-state index contributed by atoms with van der Waals surface area (Å²) < 4.78 is 44.1. The number of imide groups is 1. The van der Waals surface area contributed by atoms with Crippen LogP contribution in [0, 0.1) is 0 Å². The highest BCUT2D eigenvalue weighted by Gasteiger charge is 2.49. The van der Waals surface area contributed by atoms with E-state index in [1.165, 1.54) is 6.92 Å². The molecule has 2 aromatic carbocycles. The number of carbonyl (C=O) groups excluding carboxylic acids is 2. The van der Waals surface area contributed by atoms with Crippen molar-refractivity contribution in [2.24, 2.45) is 0 Å². The van der Waals surface area contributed by atoms with Crippen molar-refractivity contribution in [1.82, 2.24) is 10.2 Å². The number of hydrogen-bond donors (Lipinski definition) is 2. The molecule has 0 saturated carbocycles. The van der Waals surface area contributed by atoms with Gasteiger partial charge in [0.25, 0.3) is 5.91 Å². The average Bonchev–Trinajstić information content (AvgIpc) is 2.95. The summed E-state index contributed by atoms with van der Waals surface area (Å²) in [5, 5.41) is 12.9. The van der Waals surface area contributed by atoms with Crippen molar-refractivity contribution >= 4 is 11.9 Å². The Bertz CT molecular complexity index is 991. The van der Waals surface area contributed by atoms with Gasteiger partial charge in [-0.2, -0.15) is 13.2 Å². The van der Waals surface area contributed by atoms with Crippen LogP contribution in [0.4, 0.5) is 18.0 Å². The number of hydrogen-bond acceptors (Lipinski definition) is 4. The van der Waals surface area contributed by atoms with Crippen LogP contribution in [0.1, 0.15) is 43.4 Å². The first-order valence-corrected chi connectivity index (χ1v) is 10.1. The van der Waals surface area contributed by atoms with E-state index in [0.717, 1.165) is 34.7 Å². The summed E-state index contributed by atoms with van der Waals surface area (Å²) in [7, 11) is 0. The number of halogens is 3. The summed E-state index contributed by atoms with van der Waals surface area (Å²) >= 11 is 0. The highest BCUT2D eigenvalue weighted by atomic mass is 19.4. The minimum Gasteiger partial charge on any atom is -0.491 e. The summed E-state index contributed by atoms with van der Waals surface area (Å²) in [5.74, 6) is 0.149. The van der Waals surface area contributed by atoms with Crippen LogP contribution in [-0.2, 0) is 16.5 Å². The Morgan fingerprint density at radius 3 is 2.31 bits per heavy atom. The van der Waals surface area contributed by atoms with Crippen LogP contribution in [-0.4, -0.2) is 41.2 Å². The molecule has 1 fully saturated rings. The van der Waals surface area contributed by atoms with Crippen molar-refractivity contribution in [2.45, 2.75) is 44.5 Å². The van der Waals surface area contributed by atoms with Gasteiger partial charge in [-0.05, 0) is 42.2 Å². The molecule has 2 N–H and O–H groups in total. The number of β-amino-alcohol motifs (C(OH)–C–C–N with tert-alkyl or cyclic N) is 1. The summed E-state index contributed by atoms with van der Waals surface area (Å²) in [6.07, 6.45) is -5.66. The number of rotatable bonds is 7. The molecular formula is C23H25F3N2O4. The van der Waals surface area contributed by atoms with Crippen molar-refractivity contribution in [3.8, 4) is 5.75 Å². The standard InChI is InChI=1S/C23H25F3N2O4/c1-14(2)18-6-4-5-7-19(18)32-13-17(29)12-28-20(30)22(3,27-21(28)31)15-8-10-16(11-9-15)23(24,25)26/h4-11,14,17,29H,12-13H2,1-3H3,(H,27,31). The molecule has 0 radical (unpaired) electrons. The van der Waals surface area contributed by atoms with Gasteiger partial charge in [0.1, 0.15) is 24.0 Å². The Balaban J connectivity index is 1.68. The zero-order chi connectivity index (χ0) is 23.7. The number of alkyl halides is 3. The van der Waals surface area contributed by atoms with Crippen LogP contribution in [0.5, 0.6) is 5.75 Å². The van der Waals surface area contributed by atoms with E-state index in [2.05, 4.69) is 5.32 Å². The minimum absolute atomic E-state index is 0.141. The number of aliphatic hydroxyl groups is 1. The average molecular weight is 450 g/mol. The quantitative estimate of drug-likeness (QED) is 0.625. The normalized spacial score (nSPS) is 19.9. The lowest BCUT2D eigenvalue weighted by Gasteiger charge is -2.23. The number of aliphatic hydroxyl groups excluding tert-OH is 1. The molecule has 1 saturated heterocycles. The van der Waals surface area contributed by atoms with E-state index >= 15 is 0 Å². The molecule has 3 rings (SSSR count). The topological polar surface area (TPSA) is 78.9 Å². The Morgan fingerprint density at radius 2 is 1.72 bits per heavy atom. The molecule has 3 amide bonds. The van der Waals surface area contributed by atoms with Gasteiger partial charge in [-0.15, -0.1) is 0 Å². The van der Waals surface area contributed by atoms with Gasteiger partial charge in [0.2, 0.25) is 0 Å². The third-order valence-corrected chi connectivity index (χ3v) is 5.43. The maximum absolute atomic E-state index is 12.9. The fourth-order valence-electron chi connectivity index (χ4n) is 3.59. The first kappa shape index (κ1) is 23.6. The van der Waals surface area contributed by atoms with E-state index in [1.807, 2.05) is 26.0 Å². The molecule has 0 aromatic heterocycles. The molecule has 0 aliphatic carbocycles. The Kier molecular flexibility index (Phi) is 6.50. The molecule has 1 aliphatic heterocycles. The van der Waals surface area contributed by atoms with Crippen LogP contribution in [0.15, 0.2) is 48.5 Å². The second-order valence-corrected chi connectivity index (χ2v) is 8.20. The van der Waals surface area contributed by atoms with Gasteiger partial charge in [-0.25, -0.2) is 4.79 Å².